The Morgan fingerprint density at radius 2 is 1.61 bits per heavy atom. The number of hydrogen-bond acceptors (Lipinski definition) is 3. The van der Waals surface area contributed by atoms with Crippen molar-refractivity contribution in [3.63, 3.8) is 0 Å². The van der Waals surface area contributed by atoms with Crippen molar-refractivity contribution in [1.29, 1.82) is 0 Å². The molecule has 1 aliphatic rings. The number of hydrogen-bond donors (Lipinski definition) is 0. The van der Waals surface area contributed by atoms with Crippen molar-refractivity contribution in [3.05, 3.63) is 82.4 Å². The van der Waals surface area contributed by atoms with Crippen LogP contribution in [-0.4, -0.2) is 18.0 Å². The van der Waals surface area contributed by atoms with Gasteiger partial charge in [0.15, 0.2) is 0 Å². The maximum Gasteiger partial charge on any atom is 0.119 e. The van der Waals surface area contributed by atoms with E-state index >= 15 is 0 Å². The maximum absolute atomic E-state index is 5.38. The highest BCUT2D eigenvalue weighted by molar-refractivity contribution is 7.97. The second kappa shape index (κ2) is 8.02. The van der Waals surface area contributed by atoms with E-state index in [0.717, 1.165) is 25.3 Å². The van der Waals surface area contributed by atoms with Crippen molar-refractivity contribution in [3.8, 4) is 16.9 Å². The molecule has 3 heteroatoms. The van der Waals surface area contributed by atoms with E-state index in [1.807, 2.05) is 18.0 Å². The van der Waals surface area contributed by atoms with Crippen molar-refractivity contribution < 1.29 is 4.74 Å². The van der Waals surface area contributed by atoms with E-state index in [4.69, 9.17) is 4.74 Å². The van der Waals surface area contributed by atoms with Crippen molar-refractivity contribution in [1.82, 2.24) is 4.31 Å². The van der Waals surface area contributed by atoms with E-state index in [9.17, 15) is 0 Å². The Bertz CT molecular complexity index is 988. The molecule has 0 N–H and O–H groups in total. The quantitative estimate of drug-likeness (QED) is 0.482. The Kier molecular flexibility index (Phi) is 5.47. The van der Waals surface area contributed by atoms with E-state index in [2.05, 4.69) is 73.6 Å². The van der Waals surface area contributed by atoms with Gasteiger partial charge in [-0.3, -0.25) is 0 Å². The smallest absolute Gasteiger partial charge is 0.119 e. The van der Waals surface area contributed by atoms with Crippen molar-refractivity contribution in [2.45, 2.75) is 38.6 Å². The number of nitrogens with zero attached hydrogens (tertiary/aromatic N) is 1. The van der Waals surface area contributed by atoms with Crippen molar-refractivity contribution in [2.24, 2.45) is 0 Å². The van der Waals surface area contributed by atoms with Gasteiger partial charge in [-0.15, -0.1) is 0 Å². The zero-order valence-corrected chi connectivity index (χ0v) is 17.9. The van der Waals surface area contributed by atoms with Gasteiger partial charge in [0.2, 0.25) is 0 Å². The van der Waals surface area contributed by atoms with Crippen LogP contribution in [0.5, 0.6) is 5.75 Å². The third kappa shape index (κ3) is 3.96. The van der Waals surface area contributed by atoms with Gasteiger partial charge in [-0.1, -0.05) is 48.0 Å². The second-order valence-corrected chi connectivity index (χ2v) is 8.76. The largest absolute Gasteiger partial charge is 0.497 e. The van der Waals surface area contributed by atoms with Gasteiger partial charge >= 0.3 is 0 Å². The molecule has 0 saturated heterocycles. The fourth-order valence-corrected chi connectivity index (χ4v) is 5.08. The lowest BCUT2D eigenvalue weighted by atomic mass is 9.95. The molecule has 0 atom stereocenters. The first-order valence-electron chi connectivity index (χ1n) is 9.80. The lowest BCUT2D eigenvalue weighted by Gasteiger charge is -2.29. The van der Waals surface area contributed by atoms with Gasteiger partial charge in [-0.2, -0.15) is 0 Å². The molecule has 4 rings (SSSR count). The summed E-state index contributed by atoms with van der Waals surface area (Å²) < 4.78 is 7.88. The van der Waals surface area contributed by atoms with E-state index in [1.165, 1.54) is 43.8 Å². The van der Waals surface area contributed by atoms with Crippen LogP contribution in [-0.2, 0) is 13.0 Å². The number of ether oxygens (including phenoxy) is 1. The normalized spacial score (nSPS) is 14.0. The highest BCUT2D eigenvalue weighted by Gasteiger charge is 2.19. The van der Waals surface area contributed by atoms with Crippen LogP contribution >= 0.6 is 11.9 Å². The van der Waals surface area contributed by atoms with Gasteiger partial charge in [0.1, 0.15) is 5.75 Å². The molecule has 0 spiro atoms. The molecular formula is C25H27NOS. The highest BCUT2D eigenvalue weighted by Crippen LogP contribution is 2.35. The molecule has 28 heavy (non-hydrogen) atoms. The van der Waals surface area contributed by atoms with Gasteiger partial charge in [0.25, 0.3) is 0 Å². The third-order valence-corrected chi connectivity index (χ3v) is 6.81. The number of aryl methyl sites for hydroxylation is 3. The molecule has 144 valence electrons. The SMILES string of the molecule is COc1cccc(-c2ccc3c(c2)CCN(Sc2c(C)cc(C)cc2C)C3)c1. The average molecular weight is 390 g/mol. The molecule has 3 aromatic carbocycles. The summed E-state index contributed by atoms with van der Waals surface area (Å²) in [5.74, 6) is 0.904. The summed E-state index contributed by atoms with van der Waals surface area (Å²) in [7, 11) is 1.72. The molecule has 0 aliphatic carbocycles. The van der Waals surface area contributed by atoms with E-state index in [0.29, 0.717) is 0 Å². The molecule has 0 aromatic heterocycles. The summed E-state index contributed by atoms with van der Waals surface area (Å²) in [6, 6.07) is 19.8. The standard InChI is InChI=1S/C25H27NOS/c1-17-12-18(2)25(19(3)13-17)28-26-11-10-22-14-21(8-9-23(22)16-26)20-6-5-7-24(15-20)27-4/h5-9,12-15H,10-11,16H2,1-4H3. The fraction of sp³-hybridized carbons (Fsp3) is 0.280. The van der Waals surface area contributed by atoms with Gasteiger partial charge < -0.3 is 4.74 Å². The Morgan fingerprint density at radius 3 is 2.36 bits per heavy atom. The maximum atomic E-state index is 5.38. The summed E-state index contributed by atoms with van der Waals surface area (Å²) in [6.45, 7) is 8.68. The molecule has 0 amide bonds. The van der Waals surface area contributed by atoms with Crippen LogP contribution in [0.3, 0.4) is 0 Å². The molecule has 0 radical (unpaired) electrons. The van der Waals surface area contributed by atoms with E-state index in [1.54, 1.807) is 7.11 Å². The Balaban J connectivity index is 1.54. The van der Waals surface area contributed by atoms with Gasteiger partial charge in [-0.05, 0) is 84.7 Å². The molecule has 2 nitrogen and oxygen atoms in total. The van der Waals surface area contributed by atoms with Gasteiger partial charge in [-0.25, -0.2) is 4.31 Å². The molecule has 0 saturated carbocycles. The average Bonchev–Trinajstić information content (AvgIpc) is 2.70. The minimum absolute atomic E-state index is 0.904. The molecule has 3 aromatic rings. The molecule has 1 heterocycles. The van der Waals surface area contributed by atoms with Crippen molar-refractivity contribution in [2.75, 3.05) is 13.7 Å². The van der Waals surface area contributed by atoms with Crippen LogP contribution in [0.4, 0.5) is 0 Å². The van der Waals surface area contributed by atoms with Crippen LogP contribution < -0.4 is 4.74 Å². The minimum Gasteiger partial charge on any atom is -0.497 e. The minimum atomic E-state index is 0.904. The van der Waals surface area contributed by atoms with Gasteiger partial charge in [0.05, 0.1) is 7.11 Å². The summed E-state index contributed by atoms with van der Waals surface area (Å²) in [5, 5.41) is 0. The van der Waals surface area contributed by atoms with Gasteiger partial charge in [0, 0.05) is 18.0 Å². The first-order chi connectivity index (χ1) is 13.5. The first kappa shape index (κ1) is 19.1. The van der Waals surface area contributed by atoms with Crippen LogP contribution in [0.2, 0.25) is 0 Å². The molecule has 0 unspecified atom stereocenters. The summed E-state index contributed by atoms with van der Waals surface area (Å²) in [6.07, 6.45) is 1.09. The zero-order valence-electron chi connectivity index (χ0n) is 17.1. The Morgan fingerprint density at radius 1 is 0.857 bits per heavy atom. The zero-order chi connectivity index (χ0) is 19.7. The fourth-order valence-electron chi connectivity index (χ4n) is 4.03. The van der Waals surface area contributed by atoms with Crippen LogP contribution in [0.15, 0.2) is 59.5 Å². The summed E-state index contributed by atoms with van der Waals surface area (Å²) in [5.41, 5.74) is 9.48. The monoisotopic (exact) mass is 389 g/mol. The van der Waals surface area contributed by atoms with E-state index < -0.39 is 0 Å². The molecule has 0 bridgehead atoms. The summed E-state index contributed by atoms with van der Waals surface area (Å²) >= 11 is 1.91. The number of rotatable bonds is 4. The predicted molar refractivity (Wildman–Crippen MR) is 119 cm³/mol. The number of methoxy groups -OCH3 is 1. The number of benzene rings is 3. The lowest BCUT2D eigenvalue weighted by molar-refractivity contribution is 0.415. The van der Waals surface area contributed by atoms with E-state index in [-0.39, 0.29) is 0 Å². The lowest BCUT2D eigenvalue weighted by Crippen LogP contribution is -2.24. The molecular weight excluding hydrogens is 362 g/mol. The molecule has 1 aliphatic heterocycles. The topological polar surface area (TPSA) is 12.5 Å². The van der Waals surface area contributed by atoms with Crippen LogP contribution in [0.25, 0.3) is 11.1 Å². The third-order valence-electron chi connectivity index (χ3n) is 5.41. The molecule has 0 fully saturated rings. The Hall–Kier alpha value is -2.23. The second-order valence-electron chi connectivity index (χ2n) is 7.65. The first-order valence-corrected chi connectivity index (χ1v) is 10.6. The summed E-state index contributed by atoms with van der Waals surface area (Å²) in [4.78, 5) is 1.40. The predicted octanol–water partition coefficient (Wildman–Crippen LogP) is 6.35. The number of fused-ring (bicyclic) bond motifs is 1. The van der Waals surface area contributed by atoms with Crippen LogP contribution in [0, 0.1) is 20.8 Å². The van der Waals surface area contributed by atoms with Crippen molar-refractivity contribution >= 4 is 11.9 Å². The Labute approximate surface area is 172 Å². The van der Waals surface area contributed by atoms with Crippen LogP contribution in [0.1, 0.15) is 27.8 Å². The highest BCUT2D eigenvalue weighted by atomic mass is 32.2.